The van der Waals surface area contributed by atoms with Crippen LogP contribution in [-0.2, 0) is 15.8 Å². The zero-order valence-corrected chi connectivity index (χ0v) is 17.3. The largest absolute Gasteiger partial charge is 0.457 e. The molecule has 0 aliphatic heterocycles. The normalized spacial score (nSPS) is 11.3. The second-order valence-corrected chi connectivity index (χ2v) is 9.20. The van der Waals surface area contributed by atoms with Crippen LogP contribution in [0.3, 0.4) is 0 Å². The van der Waals surface area contributed by atoms with Crippen LogP contribution >= 0.6 is 11.8 Å². The maximum absolute atomic E-state index is 12.4. The number of hydrogen-bond donors (Lipinski definition) is 1. The van der Waals surface area contributed by atoms with Gasteiger partial charge in [0, 0.05) is 18.1 Å². The number of ether oxygens (including phenoxy) is 1. The summed E-state index contributed by atoms with van der Waals surface area (Å²) in [5.74, 6) is 2.89. The van der Waals surface area contributed by atoms with E-state index >= 15 is 0 Å². The Morgan fingerprint density at radius 3 is 2.32 bits per heavy atom. The summed E-state index contributed by atoms with van der Waals surface area (Å²) < 4.78 is 33.2. The molecule has 0 fully saturated rings. The van der Waals surface area contributed by atoms with Crippen molar-refractivity contribution in [2.45, 2.75) is 17.6 Å². The van der Waals surface area contributed by atoms with Crippen molar-refractivity contribution in [1.29, 1.82) is 0 Å². The van der Waals surface area contributed by atoms with Gasteiger partial charge in [0.25, 0.3) is 0 Å². The fourth-order valence-electron chi connectivity index (χ4n) is 2.63. The quantitative estimate of drug-likeness (QED) is 0.502. The minimum absolute atomic E-state index is 0.233. The van der Waals surface area contributed by atoms with Gasteiger partial charge in [-0.3, -0.25) is 0 Å². The van der Waals surface area contributed by atoms with Gasteiger partial charge < -0.3 is 4.74 Å². The lowest BCUT2D eigenvalue weighted by Gasteiger charge is -2.09. The van der Waals surface area contributed by atoms with Gasteiger partial charge in [0.05, 0.1) is 4.90 Å². The number of rotatable bonds is 9. The lowest BCUT2D eigenvalue weighted by atomic mass is 10.2. The Hall–Kier alpha value is -2.28. The Morgan fingerprint density at radius 2 is 1.61 bits per heavy atom. The minimum atomic E-state index is -3.52. The van der Waals surface area contributed by atoms with E-state index in [0.717, 1.165) is 5.75 Å². The first-order valence-corrected chi connectivity index (χ1v) is 11.6. The summed E-state index contributed by atoms with van der Waals surface area (Å²) in [6.07, 6.45) is 0. The van der Waals surface area contributed by atoms with E-state index in [-0.39, 0.29) is 4.90 Å². The summed E-state index contributed by atoms with van der Waals surface area (Å²) in [4.78, 5) is 0.233. The van der Waals surface area contributed by atoms with Crippen molar-refractivity contribution in [3.05, 3.63) is 90.0 Å². The lowest BCUT2D eigenvalue weighted by Crippen LogP contribution is -2.26. The SMILES string of the molecule is Cc1cccc(CSCCNS(=O)(=O)c2ccc(Oc3ccccc3)cc2)c1. The second-order valence-electron chi connectivity index (χ2n) is 6.33. The van der Waals surface area contributed by atoms with Crippen LogP contribution in [-0.4, -0.2) is 20.7 Å². The Labute approximate surface area is 171 Å². The molecule has 0 atom stereocenters. The van der Waals surface area contributed by atoms with Crippen molar-refractivity contribution >= 4 is 21.8 Å². The number of benzene rings is 3. The average molecular weight is 414 g/mol. The highest BCUT2D eigenvalue weighted by Gasteiger charge is 2.13. The molecule has 0 saturated carbocycles. The Morgan fingerprint density at radius 1 is 0.893 bits per heavy atom. The van der Waals surface area contributed by atoms with Gasteiger partial charge in [-0.1, -0.05) is 48.0 Å². The standard InChI is InChI=1S/C22H23NO3S2/c1-18-6-5-7-19(16-18)17-27-15-14-23-28(24,25)22-12-10-21(11-13-22)26-20-8-3-2-4-9-20/h2-13,16,23H,14-15,17H2,1H3. The van der Waals surface area contributed by atoms with Gasteiger partial charge in [0.1, 0.15) is 11.5 Å². The summed E-state index contributed by atoms with van der Waals surface area (Å²) in [6, 6.07) is 24.2. The second kappa shape index (κ2) is 9.78. The predicted molar refractivity (Wildman–Crippen MR) is 115 cm³/mol. The Bertz CT molecular complexity index is 988. The van der Waals surface area contributed by atoms with Crippen LogP contribution in [0.5, 0.6) is 11.5 Å². The minimum Gasteiger partial charge on any atom is -0.457 e. The van der Waals surface area contributed by atoms with Crippen LogP contribution in [0.1, 0.15) is 11.1 Å². The van der Waals surface area contributed by atoms with Gasteiger partial charge >= 0.3 is 0 Å². The van der Waals surface area contributed by atoms with Crippen LogP contribution in [0.15, 0.2) is 83.8 Å². The van der Waals surface area contributed by atoms with E-state index in [1.165, 1.54) is 11.1 Å². The molecule has 28 heavy (non-hydrogen) atoms. The molecule has 0 spiro atoms. The predicted octanol–water partition coefficient (Wildman–Crippen LogP) is 5.00. The summed E-state index contributed by atoms with van der Waals surface area (Å²) in [7, 11) is -3.52. The molecule has 3 aromatic rings. The fraction of sp³-hybridized carbons (Fsp3) is 0.182. The number of para-hydroxylation sites is 1. The zero-order chi connectivity index (χ0) is 19.8. The van der Waals surface area contributed by atoms with Crippen molar-refractivity contribution < 1.29 is 13.2 Å². The molecule has 0 bridgehead atoms. The number of aryl methyl sites for hydroxylation is 1. The lowest BCUT2D eigenvalue weighted by molar-refractivity contribution is 0.482. The summed E-state index contributed by atoms with van der Waals surface area (Å²) in [5, 5.41) is 0. The van der Waals surface area contributed by atoms with Crippen LogP contribution in [0.4, 0.5) is 0 Å². The first kappa shape index (κ1) is 20.5. The first-order valence-electron chi connectivity index (χ1n) is 8.99. The fourth-order valence-corrected chi connectivity index (χ4v) is 4.60. The first-order chi connectivity index (χ1) is 13.5. The molecule has 1 N–H and O–H groups in total. The smallest absolute Gasteiger partial charge is 0.240 e. The van der Waals surface area contributed by atoms with E-state index in [1.54, 1.807) is 36.0 Å². The van der Waals surface area contributed by atoms with E-state index in [9.17, 15) is 8.42 Å². The molecule has 4 nitrogen and oxygen atoms in total. The van der Waals surface area contributed by atoms with Crippen LogP contribution in [0.25, 0.3) is 0 Å². The van der Waals surface area contributed by atoms with E-state index in [4.69, 9.17) is 4.74 Å². The van der Waals surface area contributed by atoms with Gasteiger partial charge in [-0.25, -0.2) is 13.1 Å². The van der Waals surface area contributed by atoms with Gasteiger partial charge in [-0.15, -0.1) is 0 Å². The number of thioether (sulfide) groups is 1. The molecule has 0 amide bonds. The van der Waals surface area contributed by atoms with Crippen molar-refractivity contribution in [2.75, 3.05) is 12.3 Å². The van der Waals surface area contributed by atoms with Gasteiger partial charge in [-0.2, -0.15) is 11.8 Å². The molecule has 0 radical (unpaired) electrons. The van der Waals surface area contributed by atoms with Crippen molar-refractivity contribution in [3.63, 3.8) is 0 Å². The van der Waals surface area contributed by atoms with Crippen LogP contribution < -0.4 is 9.46 Å². The van der Waals surface area contributed by atoms with Gasteiger partial charge in [0.15, 0.2) is 0 Å². The molecule has 0 heterocycles. The average Bonchev–Trinajstić information content (AvgIpc) is 2.69. The third kappa shape index (κ3) is 6.12. The highest BCUT2D eigenvalue weighted by atomic mass is 32.2. The summed E-state index contributed by atoms with van der Waals surface area (Å²) in [6.45, 7) is 2.46. The molecular formula is C22H23NO3S2. The summed E-state index contributed by atoms with van der Waals surface area (Å²) in [5.41, 5.74) is 2.49. The Kier molecular flexibility index (Phi) is 7.14. The Balaban J connectivity index is 1.47. The van der Waals surface area contributed by atoms with E-state index in [1.807, 2.05) is 36.4 Å². The molecule has 0 unspecified atom stereocenters. The van der Waals surface area contributed by atoms with Crippen LogP contribution in [0.2, 0.25) is 0 Å². The van der Waals surface area contributed by atoms with Crippen molar-refractivity contribution in [2.24, 2.45) is 0 Å². The van der Waals surface area contributed by atoms with E-state index < -0.39 is 10.0 Å². The molecule has 0 aromatic heterocycles. The molecule has 146 valence electrons. The molecular weight excluding hydrogens is 390 g/mol. The van der Waals surface area contributed by atoms with E-state index in [2.05, 4.69) is 29.8 Å². The highest BCUT2D eigenvalue weighted by molar-refractivity contribution is 7.98. The monoisotopic (exact) mass is 413 g/mol. The maximum atomic E-state index is 12.4. The molecule has 0 saturated heterocycles. The van der Waals surface area contributed by atoms with Crippen LogP contribution in [0, 0.1) is 6.92 Å². The molecule has 0 aliphatic carbocycles. The zero-order valence-electron chi connectivity index (χ0n) is 15.7. The van der Waals surface area contributed by atoms with E-state index in [0.29, 0.717) is 23.8 Å². The maximum Gasteiger partial charge on any atom is 0.240 e. The van der Waals surface area contributed by atoms with Gasteiger partial charge in [0.2, 0.25) is 10.0 Å². The number of nitrogens with one attached hydrogen (secondary N) is 1. The third-order valence-electron chi connectivity index (χ3n) is 4.00. The molecule has 3 aromatic carbocycles. The van der Waals surface area contributed by atoms with Crippen molar-refractivity contribution in [1.82, 2.24) is 4.72 Å². The molecule has 3 rings (SSSR count). The topological polar surface area (TPSA) is 55.4 Å². The number of sulfonamides is 1. The summed E-state index contributed by atoms with van der Waals surface area (Å²) >= 11 is 1.71. The number of hydrogen-bond acceptors (Lipinski definition) is 4. The van der Waals surface area contributed by atoms with Gasteiger partial charge in [-0.05, 0) is 48.9 Å². The molecule has 6 heteroatoms. The highest BCUT2D eigenvalue weighted by Crippen LogP contribution is 2.22. The van der Waals surface area contributed by atoms with Crippen molar-refractivity contribution in [3.8, 4) is 11.5 Å². The molecule has 0 aliphatic rings. The third-order valence-corrected chi connectivity index (χ3v) is 6.51.